The number of carbonyl (C=O) groups excluding carboxylic acids is 1. The van der Waals surface area contributed by atoms with Crippen LogP contribution < -0.4 is 11.1 Å². The zero-order chi connectivity index (χ0) is 16.0. The SMILES string of the molecule is CCCC(NCc1ccc(C(N)=O)cc1[N+](=O)[O-])C(=O)O. The van der Waals surface area contributed by atoms with E-state index in [9.17, 15) is 19.7 Å². The van der Waals surface area contributed by atoms with Crippen molar-refractivity contribution < 1.29 is 19.6 Å². The molecule has 0 heterocycles. The van der Waals surface area contributed by atoms with Gasteiger partial charge < -0.3 is 16.2 Å². The summed E-state index contributed by atoms with van der Waals surface area (Å²) >= 11 is 0. The van der Waals surface area contributed by atoms with Crippen LogP contribution in [0.4, 0.5) is 5.69 Å². The van der Waals surface area contributed by atoms with Crippen LogP contribution in [0.25, 0.3) is 0 Å². The summed E-state index contributed by atoms with van der Waals surface area (Å²) in [4.78, 5) is 32.4. The van der Waals surface area contributed by atoms with Gasteiger partial charge >= 0.3 is 5.97 Å². The van der Waals surface area contributed by atoms with Crippen molar-refractivity contribution in [3.63, 3.8) is 0 Å². The van der Waals surface area contributed by atoms with Crippen LogP contribution in [0, 0.1) is 10.1 Å². The van der Waals surface area contributed by atoms with Gasteiger partial charge in [-0.1, -0.05) is 19.4 Å². The van der Waals surface area contributed by atoms with E-state index < -0.39 is 22.8 Å². The van der Waals surface area contributed by atoms with Crippen molar-refractivity contribution in [3.8, 4) is 0 Å². The maximum absolute atomic E-state index is 11.0. The molecule has 1 atom stereocenters. The minimum Gasteiger partial charge on any atom is -0.480 e. The van der Waals surface area contributed by atoms with Gasteiger partial charge in [0.15, 0.2) is 0 Å². The number of nitrogens with one attached hydrogen (secondary N) is 1. The first-order chi connectivity index (χ1) is 9.86. The summed E-state index contributed by atoms with van der Waals surface area (Å²) in [6.07, 6.45) is 1.09. The minimum absolute atomic E-state index is 0.0202. The van der Waals surface area contributed by atoms with Crippen molar-refractivity contribution in [3.05, 3.63) is 39.4 Å². The fourth-order valence-corrected chi connectivity index (χ4v) is 1.87. The maximum Gasteiger partial charge on any atom is 0.320 e. The molecule has 0 fully saturated rings. The van der Waals surface area contributed by atoms with Gasteiger partial charge in [0, 0.05) is 23.7 Å². The zero-order valence-electron chi connectivity index (χ0n) is 11.5. The summed E-state index contributed by atoms with van der Waals surface area (Å²) < 4.78 is 0. The molecule has 0 saturated heterocycles. The van der Waals surface area contributed by atoms with Crippen LogP contribution >= 0.6 is 0 Å². The number of benzene rings is 1. The largest absolute Gasteiger partial charge is 0.480 e. The number of carbonyl (C=O) groups is 2. The van der Waals surface area contributed by atoms with E-state index in [0.29, 0.717) is 18.4 Å². The van der Waals surface area contributed by atoms with Crippen molar-refractivity contribution in [1.29, 1.82) is 0 Å². The third-order valence-corrected chi connectivity index (χ3v) is 2.98. The Morgan fingerprint density at radius 3 is 2.62 bits per heavy atom. The number of carboxylic acid groups (broad SMARTS) is 1. The Balaban J connectivity index is 2.94. The third kappa shape index (κ3) is 4.53. The number of nitro benzene ring substituents is 1. The van der Waals surface area contributed by atoms with Crippen molar-refractivity contribution in [1.82, 2.24) is 5.32 Å². The van der Waals surface area contributed by atoms with Gasteiger partial charge in [-0.25, -0.2) is 0 Å². The molecule has 0 aliphatic rings. The summed E-state index contributed by atoms with van der Waals surface area (Å²) in [6.45, 7) is 1.87. The predicted molar refractivity (Wildman–Crippen MR) is 74.8 cm³/mol. The van der Waals surface area contributed by atoms with E-state index in [0.717, 1.165) is 6.07 Å². The van der Waals surface area contributed by atoms with E-state index in [2.05, 4.69) is 5.32 Å². The molecular weight excluding hydrogens is 278 g/mol. The molecule has 0 saturated carbocycles. The molecule has 1 aromatic rings. The Morgan fingerprint density at radius 1 is 1.48 bits per heavy atom. The predicted octanol–water partition coefficient (Wildman–Crippen LogP) is 1.04. The topological polar surface area (TPSA) is 136 Å². The molecule has 1 aromatic carbocycles. The first-order valence-electron chi connectivity index (χ1n) is 6.40. The number of nitrogens with zero attached hydrogens (tertiary/aromatic N) is 1. The molecule has 0 aliphatic heterocycles. The van der Waals surface area contributed by atoms with Crippen molar-refractivity contribution in [2.45, 2.75) is 32.4 Å². The summed E-state index contributed by atoms with van der Waals surface area (Å²) in [7, 11) is 0. The van der Waals surface area contributed by atoms with E-state index in [-0.39, 0.29) is 17.8 Å². The number of primary amides is 1. The van der Waals surface area contributed by atoms with Gasteiger partial charge in [-0.2, -0.15) is 0 Å². The zero-order valence-corrected chi connectivity index (χ0v) is 11.5. The molecular formula is C13H17N3O5. The number of nitro groups is 1. The number of amides is 1. The molecule has 8 nitrogen and oxygen atoms in total. The fraction of sp³-hybridized carbons (Fsp3) is 0.385. The minimum atomic E-state index is -1.01. The number of hydrogen-bond donors (Lipinski definition) is 3. The van der Waals surface area contributed by atoms with Gasteiger partial charge in [0.2, 0.25) is 5.91 Å². The second-order valence-electron chi connectivity index (χ2n) is 4.53. The van der Waals surface area contributed by atoms with E-state index in [1.54, 1.807) is 0 Å². The van der Waals surface area contributed by atoms with E-state index in [1.807, 2.05) is 6.92 Å². The van der Waals surface area contributed by atoms with Crippen LogP contribution in [0.3, 0.4) is 0 Å². The summed E-state index contributed by atoms with van der Waals surface area (Å²) in [5, 5.41) is 22.8. The molecule has 0 radical (unpaired) electrons. The van der Waals surface area contributed by atoms with Crippen LogP contribution in [0.15, 0.2) is 18.2 Å². The highest BCUT2D eigenvalue weighted by Crippen LogP contribution is 2.20. The van der Waals surface area contributed by atoms with Crippen LogP contribution in [0.5, 0.6) is 0 Å². The monoisotopic (exact) mass is 295 g/mol. The summed E-state index contributed by atoms with van der Waals surface area (Å²) in [5.41, 5.74) is 5.15. The molecule has 21 heavy (non-hydrogen) atoms. The van der Waals surface area contributed by atoms with Gasteiger partial charge in [-0.05, 0) is 12.5 Å². The highest BCUT2D eigenvalue weighted by Gasteiger charge is 2.20. The van der Waals surface area contributed by atoms with E-state index in [1.165, 1.54) is 12.1 Å². The van der Waals surface area contributed by atoms with Crippen molar-refractivity contribution in [2.75, 3.05) is 0 Å². The van der Waals surface area contributed by atoms with Gasteiger partial charge in [0.05, 0.1) is 4.92 Å². The third-order valence-electron chi connectivity index (χ3n) is 2.98. The van der Waals surface area contributed by atoms with Crippen molar-refractivity contribution >= 4 is 17.6 Å². The lowest BCUT2D eigenvalue weighted by atomic mass is 10.1. The van der Waals surface area contributed by atoms with Crippen LogP contribution in [0.2, 0.25) is 0 Å². The molecule has 4 N–H and O–H groups in total. The quantitative estimate of drug-likeness (QED) is 0.484. The lowest BCUT2D eigenvalue weighted by Crippen LogP contribution is -2.36. The Labute approximate surface area is 121 Å². The van der Waals surface area contributed by atoms with E-state index >= 15 is 0 Å². The first-order valence-corrected chi connectivity index (χ1v) is 6.40. The number of aliphatic carboxylic acids is 1. The molecule has 0 aliphatic carbocycles. The molecule has 0 bridgehead atoms. The second kappa shape index (κ2) is 7.34. The highest BCUT2D eigenvalue weighted by molar-refractivity contribution is 5.93. The number of carboxylic acids is 1. The second-order valence-corrected chi connectivity index (χ2v) is 4.53. The number of hydrogen-bond acceptors (Lipinski definition) is 5. The molecule has 1 unspecified atom stereocenters. The molecule has 8 heteroatoms. The Morgan fingerprint density at radius 2 is 2.14 bits per heavy atom. The van der Waals surface area contributed by atoms with Gasteiger partial charge in [0.1, 0.15) is 6.04 Å². The van der Waals surface area contributed by atoms with Gasteiger partial charge in [0.25, 0.3) is 5.69 Å². The standard InChI is InChI=1S/C13H17N3O5/c1-2-3-10(13(18)19)15-7-9-5-4-8(12(14)17)6-11(9)16(20)21/h4-6,10,15H,2-3,7H2,1H3,(H2,14,17)(H,18,19). The number of rotatable bonds is 8. The molecule has 114 valence electrons. The Kier molecular flexibility index (Phi) is 5.79. The van der Waals surface area contributed by atoms with Gasteiger partial charge in [-0.3, -0.25) is 19.7 Å². The molecule has 0 spiro atoms. The highest BCUT2D eigenvalue weighted by atomic mass is 16.6. The van der Waals surface area contributed by atoms with Crippen LogP contribution in [-0.2, 0) is 11.3 Å². The Hall–Kier alpha value is -2.48. The summed E-state index contributed by atoms with van der Waals surface area (Å²) in [5.74, 6) is -1.76. The van der Waals surface area contributed by atoms with Crippen LogP contribution in [-0.4, -0.2) is 27.9 Å². The van der Waals surface area contributed by atoms with Crippen LogP contribution in [0.1, 0.15) is 35.7 Å². The van der Waals surface area contributed by atoms with Crippen molar-refractivity contribution in [2.24, 2.45) is 5.73 Å². The maximum atomic E-state index is 11.0. The molecule has 1 amide bonds. The average molecular weight is 295 g/mol. The number of nitrogens with two attached hydrogens (primary N) is 1. The molecule has 0 aromatic heterocycles. The van der Waals surface area contributed by atoms with E-state index in [4.69, 9.17) is 10.8 Å². The lowest BCUT2D eigenvalue weighted by molar-refractivity contribution is -0.385. The summed E-state index contributed by atoms with van der Waals surface area (Å²) in [6, 6.07) is 3.10. The smallest absolute Gasteiger partial charge is 0.320 e. The average Bonchev–Trinajstić information content (AvgIpc) is 2.42. The first kappa shape index (κ1) is 16.6. The molecule has 1 rings (SSSR count). The lowest BCUT2D eigenvalue weighted by Gasteiger charge is -2.13. The fourth-order valence-electron chi connectivity index (χ4n) is 1.87. The van der Waals surface area contributed by atoms with Gasteiger partial charge in [-0.15, -0.1) is 0 Å². The normalized spacial score (nSPS) is 11.9. The Bertz CT molecular complexity index is 559.